The van der Waals surface area contributed by atoms with Crippen LogP contribution >= 0.6 is 23.2 Å². The number of carbonyl (C=O) groups excluding carboxylic acids is 2. The summed E-state index contributed by atoms with van der Waals surface area (Å²) in [4.78, 5) is 29.1. The smallest absolute Gasteiger partial charge is 0.264 e. The fraction of sp³-hybridized carbons (Fsp3) is 0.375. The van der Waals surface area contributed by atoms with Gasteiger partial charge in [-0.25, -0.2) is 8.42 Å². The SMILES string of the molecule is COc1ccccc1N(CC(=O)N(Cc1ccc(Cl)cc1Cl)[C@@H](C)C(=O)NC1CCCCC1)S(=O)(=O)c1ccc(C)cc1. The van der Waals surface area contributed by atoms with Gasteiger partial charge in [-0.2, -0.15) is 0 Å². The van der Waals surface area contributed by atoms with E-state index < -0.39 is 28.5 Å². The van der Waals surface area contributed by atoms with Crippen LogP contribution in [0.25, 0.3) is 0 Å². The van der Waals surface area contributed by atoms with Gasteiger partial charge in [0.05, 0.1) is 17.7 Å². The fourth-order valence-corrected chi connectivity index (χ4v) is 7.06. The number of sulfonamides is 1. The molecule has 1 atom stereocenters. The molecule has 11 heteroatoms. The standard InChI is InChI=1S/C32H37Cl2N3O5S/c1-22-13-17-27(18-14-22)43(40,41)37(29-11-7-8-12-30(29)42-3)21-31(38)36(20-24-15-16-25(33)19-28(24)34)23(2)32(39)35-26-9-5-4-6-10-26/h7-8,11-19,23,26H,4-6,9-10,20-21H2,1-3H3,(H,35,39)/t23-/m0/s1. The zero-order valence-electron chi connectivity index (χ0n) is 24.6. The van der Waals surface area contributed by atoms with E-state index in [2.05, 4.69) is 5.32 Å². The molecule has 0 saturated heterocycles. The second kappa shape index (κ2) is 14.5. The summed E-state index contributed by atoms with van der Waals surface area (Å²) in [6.07, 6.45) is 4.97. The molecule has 4 rings (SSSR count). The number of ether oxygens (including phenoxy) is 1. The number of hydrogen-bond acceptors (Lipinski definition) is 5. The van der Waals surface area contributed by atoms with Crippen LogP contribution in [0.15, 0.2) is 71.6 Å². The molecule has 8 nitrogen and oxygen atoms in total. The summed E-state index contributed by atoms with van der Waals surface area (Å²) < 4.78 is 34.7. The van der Waals surface area contributed by atoms with Crippen LogP contribution in [0.4, 0.5) is 5.69 Å². The first-order valence-corrected chi connectivity index (χ1v) is 16.5. The molecule has 230 valence electrons. The number of nitrogens with zero attached hydrogens (tertiary/aromatic N) is 2. The minimum absolute atomic E-state index is 0.0205. The number of hydrogen-bond donors (Lipinski definition) is 1. The molecule has 0 aliphatic heterocycles. The van der Waals surface area contributed by atoms with Crippen molar-refractivity contribution in [2.24, 2.45) is 0 Å². The van der Waals surface area contributed by atoms with Gasteiger partial charge in [-0.3, -0.25) is 13.9 Å². The summed E-state index contributed by atoms with van der Waals surface area (Å²) in [5.41, 5.74) is 1.66. The Morgan fingerprint density at radius 2 is 1.67 bits per heavy atom. The van der Waals surface area contributed by atoms with Crippen molar-refractivity contribution in [3.63, 3.8) is 0 Å². The van der Waals surface area contributed by atoms with E-state index in [-0.39, 0.29) is 34.8 Å². The van der Waals surface area contributed by atoms with Crippen molar-refractivity contribution in [1.82, 2.24) is 10.2 Å². The maximum atomic E-state index is 14.2. The molecule has 3 aromatic carbocycles. The van der Waals surface area contributed by atoms with Gasteiger partial charge >= 0.3 is 0 Å². The van der Waals surface area contributed by atoms with Crippen molar-refractivity contribution in [2.75, 3.05) is 18.0 Å². The zero-order valence-corrected chi connectivity index (χ0v) is 26.9. The number of amides is 2. The van der Waals surface area contributed by atoms with Crippen LogP contribution in [-0.4, -0.2) is 50.9 Å². The quantitative estimate of drug-likeness (QED) is 0.261. The van der Waals surface area contributed by atoms with E-state index >= 15 is 0 Å². The molecule has 0 unspecified atom stereocenters. The summed E-state index contributed by atoms with van der Waals surface area (Å²) in [5, 5.41) is 3.85. The highest BCUT2D eigenvalue weighted by atomic mass is 35.5. The predicted molar refractivity (Wildman–Crippen MR) is 170 cm³/mol. The normalized spacial score (nSPS) is 14.5. The lowest BCUT2D eigenvalue weighted by molar-refractivity contribution is -0.139. The lowest BCUT2D eigenvalue weighted by Gasteiger charge is -2.33. The van der Waals surface area contributed by atoms with E-state index in [9.17, 15) is 18.0 Å². The molecule has 1 fully saturated rings. The monoisotopic (exact) mass is 645 g/mol. The number of nitrogens with one attached hydrogen (secondary N) is 1. The van der Waals surface area contributed by atoms with Crippen molar-refractivity contribution in [2.45, 2.75) is 69.5 Å². The number of benzene rings is 3. The summed E-state index contributed by atoms with van der Waals surface area (Å²) in [5.74, 6) is -0.615. The van der Waals surface area contributed by atoms with Crippen LogP contribution in [0.5, 0.6) is 5.75 Å². The lowest BCUT2D eigenvalue weighted by Crippen LogP contribution is -2.53. The van der Waals surface area contributed by atoms with Crippen molar-refractivity contribution >= 4 is 50.7 Å². The van der Waals surface area contributed by atoms with Gasteiger partial charge < -0.3 is 15.0 Å². The van der Waals surface area contributed by atoms with Crippen molar-refractivity contribution < 1.29 is 22.7 Å². The molecule has 2 amide bonds. The molecule has 1 aliphatic carbocycles. The molecule has 0 heterocycles. The van der Waals surface area contributed by atoms with Gasteiger partial charge in [-0.15, -0.1) is 0 Å². The number of rotatable bonds is 11. The minimum atomic E-state index is -4.23. The molecule has 43 heavy (non-hydrogen) atoms. The predicted octanol–water partition coefficient (Wildman–Crippen LogP) is 6.37. The summed E-state index contributed by atoms with van der Waals surface area (Å²) in [6, 6.07) is 17.0. The Labute approximate surface area is 264 Å². The number of halogens is 2. The first-order chi connectivity index (χ1) is 20.5. The minimum Gasteiger partial charge on any atom is -0.495 e. The lowest BCUT2D eigenvalue weighted by atomic mass is 9.95. The average molecular weight is 647 g/mol. The number of aryl methyl sites for hydroxylation is 1. The van der Waals surface area contributed by atoms with E-state index in [1.165, 1.54) is 24.1 Å². The summed E-state index contributed by atoms with van der Waals surface area (Å²) >= 11 is 12.6. The summed E-state index contributed by atoms with van der Waals surface area (Å²) in [6.45, 7) is 2.89. The Kier molecular flexibility index (Phi) is 11.0. The molecule has 0 radical (unpaired) electrons. The molecular formula is C32H37Cl2N3O5S. The number of para-hydroxylation sites is 2. The third kappa shape index (κ3) is 8.02. The van der Waals surface area contributed by atoms with Crippen LogP contribution in [0.2, 0.25) is 10.0 Å². The second-order valence-corrected chi connectivity index (χ2v) is 13.5. The highest BCUT2D eigenvalue weighted by Crippen LogP contribution is 2.33. The van der Waals surface area contributed by atoms with E-state index in [1.54, 1.807) is 61.5 Å². The fourth-order valence-electron chi connectivity index (χ4n) is 5.17. The largest absolute Gasteiger partial charge is 0.495 e. The topological polar surface area (TPSA) is 96.0 Å². The molecule has 0 spiro atoms. The zero-order chi connectivity index (χ0) is 31.1. The molecule has 1 saturated carbocycles. The van der Waals surface area contributed by atoms with Gasteiger partial charge in [-0.05, 0) is 68.7 Å². The highest BCUT2D eigenvalue weighted by Gasteiger charge is 2.34. The molecule has 1 aliphatic rings. The van der Waals surface area contributed by atoms with E-state index in [1.807, 2.05) is 6.92 Å². The van der Waals surface area contributed by atoms with Crippen molar-refractivity contribution in [3.05, 3.63) is 87.9 Å². The Morgan fingerprint density at radius 3 is 2.33 bits per heavy atom. The van der Waals surface area contributed by atoms with Crippen LogP contribution in [0.1, 0.15) is 50.2 Å². The first-order valence-electron chi connectivity index (χ1n) is 14.3. The van der Waals surface area contributed by atoms with Crippen LogP contribution in [-0.2, 0) is 26.2 Å². The van der Waals surface area contributed by atoms with Gasteiger partial charge in [0, 0.05) is 22.6 Å². The molecule has 1 N–H and O–H groups in total. The Bertz CT molecular complexity index is 1540. The number of anilines is 1. The first kappa shape index (κ1) is 32.6. The van der Waals surface area contributed by atoms with Crippen molar-refractivity contribution in [3.8, 4) is 5.75 Å². The Morgan fingerprint density at radius 1 is 1.00 bits per heavy atom. The van der Waals surface area contributed by atoms with Gasteiger partial charge in [0.2, 0.25) is 11.8 Å². The molecule has 0 aromatic heterocycles. The molecule has 3 aromatic rings. The molecule has 0 bridgehead atoms. The van der Waals surface area contributed by atoms with Crippen LogP contribution < -0.4 is 14.4 Å². The van der Waals surface area contributed by atoms with E-state index in [0.29, 0.717) is 15.6 Å². The van der Waals surface area contributed by atoms with E-state index in [4.69, 9.17) is 27.9 Å². The maximum absolute atomic E-state index is 14.2. The van der Waals surface area contributed by atoms with Gasteiger partial charge in [0.25, 0.3) is 10.0 Å². The summed E-state index contributed by atoms with van der Waals surface area (Å²) in [7, 11) is -2.79. The highest BCUT2D eigenvalue weighted by molar-refractivity contribution is 7.92. The Hall–Kier alpha value is -3.27. The van der Waals surface area contributed by atoms with Gasteiger partial charge in [-0.1, -0.05) is 78.4 Å². The van der Waals surface area contributed by atoms with Crippen molar-refractivity contribution in [1.29, 1.82) is 0 Å². The van der Waals surface area contributed by atoms with Gasteiger partial charge in [0.15, 0.2) is 0 Å². The third-order valence-corrected chi connectivity index (χ3v) is 10.1. The second-order valence-electron chi connectivity index (χ2n) is 10.8. The number of carbonyl (C=O) groups is 2. The van der Waals surface area contributed by atoms with Crippen LogP contribution in [0.3, 0.4) is 0 Å². The van der Waals surface area contributed by atoms with E-state index in [0.717, 1.165) is 42.0 Å². The maximum Gasteiger partial charge on any atom is 0.264 e. The molecular weight excluding hydrogens is 609 g/mol. The number of methoxy groups -OCH3 is 1. The Balaban J connectivity index is 1.72. The van der Waals surface area contributed by atoms with Crippen LogP contribution in [0, 0.1) is 6.92 Å². The average Bonchev–Trinajstić information content (AvgIpc) is 2.99. The van der Waals surface area contributed by atoms with Gasteiger partial charge in [0.1, 0.15) is 18.3 Å². The third-order valence-electron chi connectivity index (χ3n) is 7.72.